The second-order valence-corrected chi connectivity index (χ2v) is 12.5. The van der Waals surface area contributed by atoms with Crippen molar-refractivity contribution < 1.29 is 4.74 Å². The zero-order valence-electron chi connectivity index (χ0n) is 22.9. The Morgan fingerprint density at radius 1 is 0.541 bits per heavy atom. The Hall–Kier alpha value is -2.10. The van der Waals surface area contributed by atoms with Crippen molar-refractivity contribution in [3.8, 4) is 27.3 Å². The molecular formula is C34H44OS2. The van der Waals surface area contributed by atoms with Gasteiger partial charge in [-0.1, -0.05) is 114 Å². The second-order valence-electron chi connectivity index (χ2n) is 10.3. The average Bonchev–Trinajstić information content (AvgIpc) is 3.50. The van der Waals surface area contributed by atoms with Crippen LogP contribution in [0.2, 0.25) is 0 Å². The van der Waals surface area contributed by atoms with E-state index in [2.05, 4.69) is 74.5 Å². The fourth-order valence-electron chi connectivity index (χ4n) is 4.87. The molecule has 0 spiro atoms. The van der Waals surface area contributed by atoms with Gasteiger partial charge in [-0.2, -0.15) is 0 Å². The first kappa shape index (κ1) is 27.9. The van der Waals surface area contributed by atoms with E-state index in [0.29, 0.717) is 0 Å². The minimum atomic E-state index is 0.822. The largest absolute Gasteiger partial charge is 0.494 e. The molecule has 0 atom stereocenters. The number of hydrogen-bond donors (Lipinski definition) is 0. The van der Waals surface area contributed by atoms with Gasteiger partial charge in [0.25, 0.3) is 0 Å². The summed E-state index contributed by atoms with van der Waals surface area (Å²) >= 11 is 3.90. The van der Waals surface area contributed by atoms with E-state index in [0.717, 1.165) is 18.8 Å². The van der Waals surface area contributed by atoms with E-state index in [1.165, 1.54) is 113 Å². The van der Waals surface area contributed by atoms with E-state index >= 15 is 0 Å². The van der Waals surface area contributed by atoms with Gasteiger partial charge in [0.1, 0.15) is 5.75 Å². The highest BCUT2D eigenvalue weighted by Crippen LogP contribution is 2.39. The molecule has 0 aliphatic rings. The molecule has 2 aromatic carbocycles. The summed E-state index contributed by atoms with van der Waals surface area (Å²) in [6.07, 6.45) is 17.3. The number of unbranched alkanes of at least 4 members (excludes halogenated alkanes) is 10. The third-order valence-corrected chi connectivity index (χ3v) is 9.56. The molecule has 0 fully saturated rings. The SMILES string of the molecule is CCCCCCCCCCCOc1ccc(-c2ccc(-c3cc4sc(CCCCC)cc4s3)cc2)cc1. The monoisotopic (exact) mass is 532 g/mol. The van der Waals surface area contributed by atoms with Crippen LogP contribution in [0.15, 0.2) is 60.7 Å². The normalized spacial score (nSPS) is 11.4. The van der Waals surface area contributed by atoms with Crippen LogP contribution in [0, 0.1) is 0 Å². The maximum Gasteiger partial charge on any atom is 0.119 e. The van der Waals surface area contributed by atoms with Gasteiger partial charge in [0.15, 0.2) is 0 Å². The smallest absolute Gasteiger partial charge is 0.119 e. The summed E-state index contributed by atoms with van der Waals surface area (Å²) in [6, 6.07) is 22.4. The van der Waals surface area contributed by atoms with Crippen LogP contribution in [0.4, 0.5) is 0 Å². The Bertz CT molecular complexity index is 1140. The Kier molecular flexibility index (Phi) is 11.6. The standard InChI is InChI=1S/C34H44OS2/c1-3-5-7-8-9-10-11-12-14-24-35-30-22-20-28(21-23-30)27-16-18-29(19-17-27)32-26-34-33(37-32)25-31(36-34)15-13-6-4-2/h16-23,25-26H,3-15,24H2,1-2H3. The van der Waals surface area contributed by atoms with Gasteiger partial charge >= 0.3 is 0 Å². The maximum atomic E-state index is 5.99. The van der Waals surface area contributed by atoms with Crippen LogP contribution in [0.5, 0.6) is 5.75 Å². The van der Waals surface area contributed by atoms with Crippen molar-refractivity contribution in [2.45, 2.75) is 97.3 Å². The third kappa shape index (κ3) is 8.72. The number of thiophene rings is 2. The number of aryl methyl sites for hydroxylation is 1. The average molecular weight is 533 g/mol. The molecule has 0 saturated heterocycles. The molecule has 0 saturated carbocycles. The lowest BCUT2D eigenvalue weighted by molar-refractivity contribution is 0.304. The molecule has 1 nitrogen and oxygen atoms in total. The minimum absolute atomic E-state index is 0.822. The molecular weight excluding hydrogens is 489 g/mol. The topological polar surface area (TPSA) is 9.23 Å². The molecule has 0 amide bonds. The van der Waals surface area contributed by atoms with Crippen LogP contribution >= 0.6 is 22.7 Å². The predicted octanol–water partition coefficient (Wildman–Crippen LogP) is 11.9. The van der Waals surface area contributed by atoms with Gasteiger partial charge in [0.2, 0.25) is 0 Å². The molecule has 0 bridgehead atoms. The van der Waals surface area contributed by atoms with E-state index in [9.17, 15) is 0 Å². The zero-order chi connectivity index (χ0) is 25.7. The number of hydrogen-bond acceptors (Lipinski definition) is 3. The van der Waals surface area contributed by atoms with Gasteiger partial charge in [-0.15, -0.1) is 22.7 Å². The van der Waals surface area contributed by atoms with E-state index in [4.69, 9.17) is 4.74 Å². The van der Waals surface area contributed by atoms with E-state index in [1.54, 1.807) is 0 Å². The molecule has 0 aliphatic carbocycles. The van der Waals surface area contributed by atoms with Crippen molar-refractivity contribution in [1.29, 1.82) is 0 Å². The van der Waals surface area contributed by atoms with Crippen molar-refractivity contribution in [1.82, 2.24) is 0 Å². The first-order chi connectivity index (χ1) is 18.3. The van der Waals surface area contributed by atoms with Crippen LogP contribution < -0.4 is 4.74 Å². The summed E-state index contributed by atoms with van der Waals surface area (Å²) in [4.78, 5) is 2.91. The number of ether oxygens (including phenoxy) is 1. The Labute approximate surface area is 232 Å². The molecule has 0 radical (unpaired) electrons. The first-order valence-corrected chi connectivity index (χ1v) is 16.3. The summed E-state index contributed by atoms with van der Waals surface area (Å²) in [6.45, 7) is 5.37. The first-order valence-electron chi connectivity index (χ1n) is 14.6. The Balaban J connectivity index is 1.21. The summed E-state index contributed by atoms with van der Waals surface area (Å²) in [7, 11) is 0. The van der Waals surface area contributed by atoms with E-state index in [1.807, 2.05) is 22.7 Å². The molecule has 0 aliphatic heterocycles. The highest BCUT2D eigenvalue weighted by molar-refractivity contribution is 7.29. The second kappa shape index (κ2) is 15.3. The van der Waals surface area contributed by atoms with Gasteiger partial charge in [-0.3, -0.25) is 0 Å². The predicted molar refractivity (Wildman–Crippen MR) is 167 cm³/mol. The van der Waals surface area contributed by atoms with Crippen molar-refractivity contribution in [3.05, 3.63) is 65.5 Å². The lowest BCUT2D eigenvalue weighted by Crippen LogP contribution is -1.97. The van der Waals surface area contributed by atoms with Gasteiger partial charge in [-0.25, -0.2) is 0 Å². The highest BCUT2D eigenvalue weighted by atomic mass is 32.1. The minimum Gasteiger partial charge on any atom is -0.494 e. The molecule has 0 N–H and O–H groups in total. The zero-order valence-corrected chi connectivity index (χ0v) is 24.5. The molecule has 2 heterocycles. The maximum absolute atomic E-state index is 5.99. The Morgan fingerprint density at radius 3 is 1.73 bits per heavy atom. The summed E-state index contributed by atoms with van der Waals surface area (Å²) < 4.78 is 8.87. The lowest BCUT2D eigenvalue weighted by atomic mass is 10.0. The van der Waals surface area contributed by atoms with E-state index < -0.39 is 0 Å². The number of benzene rings is 2. The van der Waals surface area contributed by atoms with Gasteiger partial charge in [-0.05, 0) is 60.2 Å². The molecule has 2 aromatic heterocycles. The summed E-state index contributed by atoms with van der Waals surface area (Å²) in [5.74, 6) is 0.979. The van der Waals surface area contributed by atoms with Crippen molar-refractivity contribution in [3.63, 3.8) is 0 Å². The van der Waals surface area contributed by atoms with Crippen LogP contribution in [-0.2, 0) is 6.42 Å². The quantitative estimate of drug-likeness (QED) is 0.123. The fourth-order valence-corrected chi connectivity index (χ4v) is 7.34. The van der Waals surface area contributed by atoms with Crippen LogP contribution in [0.25, 0.3) is 31.0 Å². The van der Waals surface area contributed by atoms with Crippen molar-refractivity contribution in [2.75, 3.05) is 6.61 Å². The van der Waals surface area contributed by atoms with Crippen LogP contribution in [-0.4, -0.2) is 6.61 Å². The summed E-state index contributed by atoms with van der Waals surface area (Å²) in [5, 5.41) is 0. The lowest BCUT2D eigenvalue weighted by Gasteiger charge is -2.08. The highest BCUT2D eigenvalue weighted by Gasteiger charge is 2.09. The molecule has 198 valence electrons. The van der Waals surface area contributed by atoms with Gasteiger partial charge in [0.05, 0.1) is 6.61 Å². The van der Waals surface area contributed by atoms with Crippen LogP contribution in [0.1, 0.15) is 95.8 Å². The molecule has 4 aromatic rings. The van der Waals surface area contributed by atoms with Gasteiger partial charge in [0, 0.05) is 19.2 Å². The molecule has 0 unspecified atom stereocenters. The number of fused-ring (bicyclic) bond motifs is 1. The van der Waals surface area contributed by atoms with Crippen molar-refractivity contribution in [2.24, 2.45) is 0 Å². The molecule has 3 heteroatoms. The summed E-state index contributed by atoms with van der Waals surface area (Å²) in [5.41, 5.74) is 3.81. The van der Waals surface area contributed by atoms with Crippen molar-refractivity contribution >= 4 is 32.1 Å². The van der Waals surface area contributed by atoms with Gasteiger partial charge < -0.3 is 4.74 Å². The Morgan fingerprint density at radius 2 is 1.08 bits per heavy atom. The van der Waals surface area contributed by atoms with Crippen LogP contribution in [0.3, 0.4) is 0 Å². The third-order valence-electron chi connectivity index (χ3n) is 7.16. The van der Waals surface area contributed by atoms with E-state index in [-0.39, 0.29) is 0 Å². The molecule has 37 heavy (non-hydrogen) atoms. The fraction of sp³-hybridized carbons (Fsp3) is 0.471. The molecule has 4 rings (SSSR count). The number of rotatable bonds is 17.